The first-order valence-corrected chi connectivity index (χ1v) is 4.62. The van der Waals surface area contributed by atoms with Gasteiger partial charge in [-0.25, -0.2) is 0 Å². The van der Waals surface area contributed by atoms with Crippen LogP contribution in [-0.4, -0.2) is 23.9 Å². The summed E-state index contributed by atoms with van der Waals surface area (Å²) in [5.74, 6) is 0.188. The zero-order chi connectivity index (χ0) is 9.56. The fraction of sp³-hybridized carbons (Fsp3) is 0.700. The number of hydrogen-bond acceptors (Lipinski definition) is 1. The molecule has 1 aliphatic heterocycles. The predicted molar refractivity (Wildman–Crippen MR) is 52.0 cm³/mol. The molecule has 1 saturated heterocycles. The Labute approximate surface area is 75.3 Å². The Balaban J connectivity index is 0.000000561. The molecule has 2 nitrogen and oxygen atoms in total. The van der Waals surface area contributed by atoms with Crippen molar-refractivity contribution in [2.45, 2.75) is 33.6 Å². The van der Waals surface area contributed by atoms with Crippen LogP contribution in [0.2, 0.25) is 0 Å². The molecule has 0 radical (unpaired) electrons. The van der Waals surface area contributed by atoms with Gasteiger partial charge in [-0.2, -0.15) is 0 Å². The van der Waals surface area contributed by atoms with E-state index in [0.717, 1.165) is 25.9 Å². The SMILES string of the molecule is C=C1CCN(C(C)=O)CC1.CC. The van der Waals surface area contributed by atoms with E-state index in [4.69, 9.17) is 0 Å². The molecular weight excluding hydrogens is 150 g/mol. The maximum Gasteiger partial charge on any atom is 0.219 e. The van der Waals surface area contributed by atoms with Gasteiger partial charge >= 0.3 is 0 Å². The maximum atomic E-state index is 10.8. The third-order valence-electron chi connectivity index (χ3n) is 1.92. The van der Waals surface area contributed by atoms with Crippen LogP contribution < -0.4 is 0 Å². The van der Waals surface area contributed by atoms with E-state index < -0.39 is 0 Å². The van der Waals surface area contributed by atoms with Gasteiger partial charge in [-0.15, -0.1) is 0 Å². The van der Waals surface area contributed by atoms with Crippen LogP contribution in [0.1, 0.15) is 33.6 Å². The molecule has 1 aliphatic rings. The summed E-state index contributed by atoms with van der Waals surface area (Å²) in [6.07, 6.45) is 1.97. The minimum atomic E-state index is 0.188. The van der Waals surface area contributed by atoms with Crippen LogP contribution in [0.15, 0.2) is 12.2 Å². The van der Waals surface area contributed by atoms with Crippen molar-refractivity contribution in [3.63, 3.8) is 0 Å². The number of rotatable bonds is 0. The van der Waals surface area contributed by atoms with E-state index in [1.807, 2.05) is 18.7 Å². The Morgan fingerprint density at radius 2 is 1.75 bits per heavy atom. The number of hydrogen-bond donors (Lipinski definition) is 0. The molecule has 0 aliphatic carbocycles. The Morgan fingerprint density at radius 1 is 1.33 bits per heavy atom. The van der Waals surface area contributed by atoms with Crippen molar-refractivity contribution in [2.75, 3.05) is 13.1 Å². The molecule has 0 aromatic rings. The van der Waals surface area contributed by atoms with Crippen molar-refractivity contribution in [3.8, 4) is 0 Å². The summed E-state index contributed by atoms with van der Waals surface area (Å²) >= 11 is 0. The standard InChI is InChI=1S/C8H13NO.C2H6/c1-7-3-5-9(6-4-7)8(2)10;1-2/h1,3-6H2,2H3;1-2H3. The van der Waals surface area contributed by atoms with Crippen molar-refractivity contribution in [1.29, 1.82) is 0 Å². The molecule has 0 N–H and O–H groups in total. The summed E-state index contributed by atoms with van der Waals surface area (Å²) in [6.45, 7) is 11.2. The number of nitrogens with zero attached hydrogens (tertiary/aromatic N) is 1. The van der Waals surface area contributed by atoms with Crippen LogP contribution >= 0.6 is 0 Å². The highest BCUT2D eigenvalue weighted by Crippen LogP contribution is 2.13. The van der Waals surface area contributed by atoms with Crippen molar-refractivity contribution in [3.05, 3.63) is 12.2 Å². The number of carbonyl (C=O) groups excluding carboxylic acids is 1. The quantitative estimate of drug-likeness (QED) is 0.509. The van der Waals surface area contributed by atoms with E-state index in [0.29, 0.717) is 0 Å². The van der Waals surface area contributed by atoms with Gasteiger partial charge in [0.2, 0.25) is 5.91 Å². The molecule has 0 aromatic heterocycles. The zero-order valence-corrected chi connectivity index (χ0v) is 8.39. The monoisotopic (exact) mass is 169 g/mol. The third-order valence-corrected chi connectivity index (χ3v) is 1.92. The van der Waals surface area contributed by atoms with Crippen molar-refractivity contribution < 1.29 is 4.79 Å². The molecule has 2 heteroatoms. The summed E-state index contributed by atoms with van der Waals surface area (Å²) < 4.78 is 0. The van der Waals surface area contributed by atoms with Gasteiger partial charge in [-0.3, -0.25) is 4.79 Å². The number of piperidine rings is 1. The average Bonchev–Trinajstić information content (AvgIpc) is 2.09. The second kappa shape index (κ2) is 5.81. The molecule has 1 fully saturated rings. The van der Waals surface area contributed by atoms with Crippen LogP contribution in [0.5, 0.6) is 0 Å². The number of carbonyl (C=O) groups is 1. The molecule has 0 saturated carbocycles. The second-order valence-corrected chi connectivity index (χ2v) is 2.76. The Morgan fingerprint density at radius 3 is 2.08 bits per heavy atom. The lowest BCUT2D eigenvalue weighted by Crippen LogP contribution is -2.34. The largest absolute Gasteiger partial charge is 0.342 e. The third kappa shape index (κ3) is 3.56. The van der Waals surface area contributed by atoms with E-state index in [-0.39, 0.29) is 5.91 Å². The minimum Gasteiger partial charge on any atom is -0.342 e. The van der Waals surface area contributed by atoms with Gasteiger partial charge in [0.1, 0.15) is 0 Å². The lowest BCUT2D eigenvalue weighted by atomic mass is 10.1. The molecule has 1 heterocycles. The lowest BCUT2D eigenvalue weighted by Gasteiger charge is -2.26. The molecule has 0 aromatic carbocycles. The Bertz CT molecular complexity index is 153. The molecular formula is C10H19NO. The summed E-state index contributed by atoms with van der Waals surface area (Å²) in [5.41, 5.74) is 1.28. The van der Waals surface area contributed by atoms with E-state index in [1.165, 1.54) is 5.57 Å². The molecule has 0 bridgehead atoms. The minimum absolute atomic E-state index is 0.188. The van der Waals surface area contributed by atoms with Gasteiger partial charge in [0.25, 0.3) is 0 Å². The fourth-order valence-corrected chi connectivity index (χ4v) is 1.14. The molecule has 1 amide bonds. The molecule has 0 spiro atoms. The van der Waals surface area contributed by atoms with E-state index >= 15 is 0 Å². The van der Waals surface area contributed by atoms with E-state index in [9.17, 15) is 4.79 Å². The van der Waals surface area contributed by atoms with Gasteiger partial charge in [-0.1, -0.05) is 26.0 Å². The summed E-state index contributed by atoms with van der Waals surface area (Å²) in [6, 6.07) is 0. The Kier molecular flexibility index (Phi) is 5.43. The van der Waals surface area contributed by atoms with Crippen LogP contribution in [0.4, 0.5) is 0 Å². The predicted octanol–water partition coefficient (Wildman–Crippen LogP) is 2.21. The Hall–Kier alpha value is -0.790. The topological polar surface area (TPSA) is 20.3 Å². The van der Waals surface area contributed by atoms with Gasteiger partial charge in [0, 0.05) is 20.0 Å². The smallest absolute Gasteiger partial charge is 0.219 e. The summed E-state index contributed by atoms with van der Waals surface area (Å²) in [7, 11) is 0. The highest BCUT2D eigenvalue weighted by molar-refractivity contribution is 5.73. The van der Waals surface area contributed by atoms with E-state index in [1.54, 1.807) is 6.92 Å². The highest BCUT2D eigenvalue weighted by atomic mass is 16.2. The van der Waals surface area contributed by atoms with Gasteiger partial charge < -0.3 is 4.90 Å². The second-order valence-electron chi connectivity index (χ2n) is 2.76. The van der Waals surface area contributed by atoms with E-state index in [2.05, 4.69) is 6.58 Å². The van der Waals surface area contributed by atoms with Crippen molar-refractivity contribution in [1.82, 2.24) is 4.90 Å². The first-order valence-electron chi connectivity index (χ1n) is 4.62. The highest BCUT2D eigenvalue weighted by Gasteiger charge is 2.13. The van der Waals surface area contributed by atoms with Crippen LogP contribution in [-0.2, 0) is 4.79 Å². The molecule has 1 rings (SSSR count). The molecule has 0 unspecified atom stereocenters. The first kappa shape index (κ1) is 11.2. The molecule has 70 valence electrons. The number of likely N-dealkylation sites (tertiary alicyclic amines) is 1. The van der Waals surface area contributed by atoms with Crippen LogP contribution in [0, 0.1) is 0 Å². The molecule has 12 heavy (non-hydrogen) atoms. The zero-order valence-electron chi connectivity index (χ0n) is 8.39. The van der Waals surface area contributed by atoms with Gasteiger partial charge in [-0.05, 0) is 12.8 Å². The first-order chi connectivity index (χ1) is 5.70. The normalized spacial score (nSPS) is 16.6. The van der Waals surface area contributed by atoms with Gasteiger partial charge in [0.15, 0.2) is 0 Å². The summed E-state index contributed by atoms with van der Waals surface area (Å²) in [4.78, 5) is 12.7. The van der Waals surface area contributed by atoms with Crippen molar-refractivity contribution >= 4 is 5.91 Å². The summed E-state index contributed by atoms with van der Waals surface area (Å²) in [5, 5.41) is 0. The van der Waals surface area contributed by atoms with Crippen LogP contribution in [0.25, 0.3) is 0 Å². The van der Waals surface area contributed by atoms with Crippen LogP contribution in [0.3, 0.4) is 0 Å². The fourth-order valence-electron chi connectivity index (χ4n) is 1.14. The van der Waals surface area contributed by atoms with Crippen molar-refractivity contribution in [2.24, 2.45) is 0 Å². The number of amides is 1. The lowest BCUT2D eigenvalue weighted by molar-refractivity contribution is -0.129. The maximum absolute atomic E-state index is 10.8. The average molecular weight is 169 g/mol. The molecule has 0 atom stereocenters. The van der Waals surface area contributed by atoms with Gasteiger partial charge in [0.05, 0.1) is 0 Å².